The maximum atomic E-state index is 12.6. The SMILES string of the molecule is Cn1cc(-c2cc(CN3C(=O)N[C@@]4(CCSC4)C3=O)on2)cn1. The van der Waals surface area contributed by atoms with Crippen molar-refractivity contribution < 1.29 is 14.1 Å². The van der Waals surface area contributed by atoms with Crippen LogP contribution in [0.5, 0.6) is 0 Å². The molecule has 9 heteroatoms. The van der Waals surface area contributed by atoms with Crippen LogP contribution in [-0.4, -0.2) is 48.8 Å². The van der Waals surface area contributed by atoms with Crippen LogP contribution < -0.4 is 5.32 Å². The van der Waals surface area contributed by atoms with Crippen molar-refractivity contribution >= 4 is 23.7 Å². The monoisotopic (exact) mass is 333 g/mol. The molecule has 8 nitrogen and oxygen atoms in total. The molecule has 2 aromatic heterocycles. The lowest BCUT2D eigenvalue weighted by Gasteiger charge is -2.18. The highest BCUT2D eigenvalue weighted by Crippen LogP contribution is 2.34. The lowest BCUT2D eigenvalue weighted by Crippen LogP contribution is -2.46. The normalized spacial score (nSPS) is 24.0. The Morgan fingerprint density at radius 3 is 3.04 bits per heavy atom. The molecular weight excluding hydrogens is 318 g/mol. The fraction of sp³-hybridized carbons (Fsp3) is 0.429. The molecule has 120 valence electrons. The predicted octanol–water partition coefficient (Wildman–Crippen LogP) is 1.00. The largest absolute Gasteiger partial charge is 0.359 e. The number of rotatable bonds is 3. The minimum Gasteiger partial charge on any atom is -0.359 e. The molecule has 2 aromatic rings. The van der Waals surface area contributed by atoms with Crippen molar-refractivity contribution in [2.24, 2.45) is 7.05 Å². The molecule has 1 spiro atoms. The van der Waals surface area contributed by atoms with Gasteiger partial charge in [0.2, 0.25) is 0 Å². The number of carbonyl (C=O) groups excluding carboxylic acids is 2. The van der Waals surface area contributed by atoms with Gasteiger partial charge >= 0.3 is 6.03 Å². The third kappa shape index (κ3) is 2.31. The fourth-order valence-corrected chi connectivity index (χ4v) is 4.21. The number of nitrogens with one attached hydrogen (secondary N) is 1. The summed E-state index contributed by atoms with van der Waals surface area (Å²) in [6.07, 6.45) is 4.18. The molecule has 1 atom stereocenters. The zero-order valence-corrected chi connectivity index (χ0v) is 13.3. The molecule has 0 radical (unpaired) electrons. The van der Waals surface area contributed by atoms with Crippen LogP contribution in [0, 0.1) is 0 Å². The molecule has 0 saturated carbocycles. The van der Waals surface area contributed by atoms with Gasteiger partial charge in [-0.2, -0.15) is 16.9 Å². The average Bonchev–Trinajstić information content (AvgIpc) is 3.26. The Kier molecular flexibility index (Phi) is 3.19. The number of amides is 3. The minimum atomic E-state index is -0.728. The highest BCUT2D eigenvalue weighted by Gasteiger charge is 2.53. The first-order valence-electron chi connectivity index (χ1n) is 7.24. The van der Waals surface area contributed by atoms with Crippen LogP contribution in [0.15, 0.2) is 23.0 Å². The number of hydrogen-bond donors (Lipinski definition) is 1. The smallest absolute Gasteiger partial charge is 0.325 e. The molecule has 4 heterocycles. The van der Waals surface area contributed by atoms with E-state index < -0.39 is 5.54 Å². The average molecular weight is 333 g/mol. The van der Waals surface area contributed by atoms with Crippen LogP contribution in [0.4, 0.5) is 4.79 Å². The maximum absolute atomic E-state index is 12.6. The van der Waals surface area contributed by atoms with Crippen LogP contribution >= 0.6 is 11.8 Å². The second-order valence-corrected chi connectivity index (χ2v) is 6.89. The third-order valence-corrected chi connectivity index (χ3v) is 5.33. The summed E-state index contributed by atoms with van der Waals surface area (Å²) < 4.78 is 6.94. The second kappa shape index (κ2) is 5.12. The molecule has 0 aromatic carbocycles. The lowest BCUT2D eigenvalue weighted by atomic mass is 9.99. The van der Waals surface area contributed by atoms with Gasteiger partial charge in [-0.05, 0) is 12.2 Å². The van der Waals surface area contributed by atoms with Gasteiger partial charge in [0.15, 0.2) is 5.76 Å². The van der Waals surface area contributed by atoms with Gasteiger partial charge in [0, 0.05) is 30.6 Å². The molecule has 0 bridgehead atoms. The number of thioether (sulfide) groups is 1. The Hall–Kier alpha value is -2.29. The molecule has 2 aliphatic rings. The van der Waals surface area contributed by atoms with Crippen LogP contribution in [0.2, 0.25) is 0 Å². The zero-order valence-electron chi connectivity index (χ0n) is 12.5. The van der Waals surface area contributed by atoms with Gasteiger partial charge in [-0.25, -0.2) is 4.79 Å². The van der Waals surface area contributed by atoms with Crippen LogP contribution in [0.25, 0.3) is 11.3 Å². The first-order chi connectivity index (χ1) is 11.1. The van der Waals surface area contributed by atoms with Gasteiger partial charge in [-0.3, -0.25) is 14.4 Å². The summed E-state index contributed by atoms with van der Waals surface area (Å²) >= 11 is 1.68. The summed E-state index contributed by atoms with van der Waals surface area (Å²) in [6, 6.07) is 1.36. The van der Waals surface area contributed by atoms with Crippen molar-refractivity contribution in [2.75, 3.05) is 11.5 Å². The summed E-state index contributed by atoms with van der Waals surface area (Å²) in [5.41, 5.74) is 0.725. The minimum absolute atomic E-state index is 0.0876. The van der Waals surface area contributed by atoms with Crippen molar-refractivity contribution in [3.8, 4) is 11.3 Å². The molecule has 23 heavy (non-hydrogen) atoms. The van der Waals surface area contributed by atoms with Crippen molar-refractivity contribution in [3.63, 3.8) is 0 Å². The lowest BCUT2D eigenvalue weighted by molar-refractivity contribution is -0.131. The van der Waals surface area contributed by atoms with Crippen molar-refractivity contribution in [1.29, 1.82) is 0 Å². The number of aromatic nitrogens is 3. The van der Waals surface area contributed by atoms with E-state index in [0.717, 1.165) is 11.3 Å². The summed E-state index contributed by atoms with van der Waals surface area (Å²) in [6.45, 7) is 0.0876. The standard InChI is InChI=1S/C14H15N5O3S/c1-18-6-9(5-15-18)11-4-10(22-17-11)7-19-12(20)14(16-13(19)21)2-3-23-8-14/h4-6H,2-3,7-8H2,1H3,(H,16,21)/t14-/m1/s1. The van der Waals surface area contributed by atoms with E-state index in [2.05, 4.69) is 15.6 Å². The molecule has 1 N–H and O–H groups in total. The van der Waals surface area contributed by atoms with Crippen LogP contribution in [-0.2, 0) is 18.4 Å². The molecule has 2 saturated heterocycles. The Balaban J connectivity index is 1.53. The van der Waals surface area contributed by atoms with Gasteiger partial charge in [0.25, 0.3) is 5.91 Å². The molecule has 2 aliphatic heterocycles. The van der Waals surface area contributed by atoms with Gasteiger partial charge in [-0.1, -0.05) is 5.16 Å². The van der Waals surface area contributed by atoms with E-state index in [0.29, 0.717) is 23.6 Å². The highest BCUT2D eigenvalue weighted by atomic mass is 32.2. The van der Waals surface area contributed by atoms with Gasteiger partial charge in [-0.15, -0.1) is 0 Å². The molecule has 0 aliphatic carbocycles. The first-order valence-corrected chi connectivity index (χ1v) is 8.39. The number of hydrogen-bond acceptors (Lipinski definition) is 6. The van der Waals surface area contributed by atoms with E-state index in [1.807, 2.05) is 13.2 Å². The summed E-state index contributed by atoms with van der Waals surface area (Å²) in [7, 11) is 1.82. The molecular formula is C14H15N5O3S. The third-order valence-electron chi connectivity index (χ3n) is 4.14. The number of nitrogens with zero attached hydrogens (tertiary/aromatic N) is 4. The number of carbonyl (C=O) groups is 2. The Morgan fingerprint density at radius 1 is 1.48 bits per heavy atom. The van der Waals surface area contributed by atoms with E-state index in [9.17, 15) is 9.59 Å². The van der Waals surface area contributed by atoms with E-state index in [1.165, 1.54) is 4.90 Å². The van der Waals surface area contributed by atoms with E-state index in [4.69, 9.17) is 4.52 Å². The van der Waals surface area contributed by atoms with Crippen LogP contribution in [0.1, 0.15) is 12.2 Å². The second-order valence-electron chi connectivity index (χ2n) is 5.79. The zero-order chi connectivity index (χ0) is 16.0. The maximum Gasteiger partial charge on any atom is 0.325 e. The summed E-state index contributed by atoms with van der Waals surface area (Å²) in [5.74, 6) is 1.81. The molecule has 3 amide bonds. The van der Waals surface area contributed by atoms with E-state index >= 15 is 0 Å². The van der Waals surface area contributed by atoms with Crippen molar-refractivity contribution in [1.82, 2.24) is 25.2 Å². The fourth-order valence-electron chi connectivity index (χ4n) is 2.88. The number of aryl methyl sites for hydroxylation is 1. The topological polar surface area (TPSA) is 93.3 Å². The summed E-state index contributed by atoms with van der Waals surface area (Å²) in [5, 5.41) is 10.9. The van der Waals surface area contributed by atoms with Crippen molar-refractivity contribution in [2.45, 2.75) is 18.5 Å². The Morgan fingerprint density at radius 2 is 2.35 bits per heavy atom. The molecule has 2 fully saturated rings. The number of imide groups is 1. The number of urea groups is 1. The van der Waals surface area contributed by atoms with Gasteiger partial charge in [0.1, 0.15) is 11.2 Å². The van der Waals surface area contributed by atoms with E-state index in [1.54, 1.807) is 28.7 Å². The van der Waals surface area contributed by atoms with Crippen LogP contribution in [0.3, 0.4) is 0 Å². The Bertz CT molecular complexity index is 777. The Labute approximate surface area is 136 Å². The van der Waals surface area contributed by atoms with Gasteiger partial charge < -0.3 is 9.84 Å². The quantitative estimate of drug-likeness (QED) is 0.843. The first kappa shape index (κ1) is 14.3. The predicted molar refractivity (Wildman–Crippen MR) is 82.5 cm³/mol. The highest BCUT2D eigenvalue weighted by molar-refractivity contribution is 7.99. The molecule has 0 unspecified atom stereocenters. The molecule has 4 rings (SSSR count). The van der Waals surface area contributed by atoms with Crippen molar-refractivity contribution in [3.05, 3.63) is 24.2 Å². The van der Waals surface area contributed by atoms with Gasteiger partial charge in [0.05, 0.1) is 12.7 Å². The summed E-state index contributed by atoms with van der Waals surface area (Å²) in [4.78, 5) is 25.9. The van der Waals surface area contributed by atoms with E-state index in [-0.39, 0.29) is 18.5 Å².